The molecule has 0 aliphatic carbocycles. The molecule has 8 heteroatoms. The van der Waals surface area contributed by atoms with Gasteiger partial charge in [0.15, 0.2) is 0 Å². The van der Waals surface area contributed by atoms with Crippen LogP contribution in [0.4, 0.5) is 0 Å². The van der Waals surface area contributed by atoms with Crippen LogP contribution in [0.5, 0.6) is 0 Å². The summed E-state index contributed by atoms with van der Waals surface area (Å²) in [5, 5.41) is 0. The van der Waals surface area contributed by atoms with Crippen molar-refractivity contribution in [2.45, 2.75) is 0 Å². The van der Waals surface area contributed by atoms with Crippen molar-refractivity contribution in [2.24, 2.45) is 0 Å². The van der Waals surface area contributed by atoms with Crippen molar-refractivity contribution in [1.82, 2.24) is 0 Å². The summed E-state index contributed by atoms with van der Waals surface area (Å²) in [6.07, 6.45) is 0. The molecule has 2 N–H and O–H groups in total. The standard InChI is InChI=1S/2Na.H2O4S.V.2H/c;;1-5(2,3)4;;;/h;;(H2,1,2,3,4);;;/q2*+1;;;2*-1. The van der Waals surface area contributed by atoms with Crippen LogP contribution in [0.15, 0.2) is 0 Å². The molecule has 0 atom stereocenters. The summed E-state index contributed by atoms with van der Waals surface area (Å²) in [5.41, 5.74) is 0. The van der Waals surface area contributed by atoms with Crippen molar-refractivity contribution < 1.29 is 98.0 Å². The molecule has 0 bridgehead atoms. The number of hydrogen-bond donors (Lipinski definition) is 2. The van der Waals surface area contributed by atoms with Crippen LogP contribution in [0, 0.1) is 0 Å². The second-order valence-corrected chi connectivity index (χ2v) is 1.34. The Balaban J connectivity index is -0.00000000800. The molecule has 0 aromatic carbocycles. The van der Waals surface area contributed by atoms with E-state index >= 15 is 0 Å². The van der Waals surface area contributed by atoms with Gasteiger partial charge in [-0.25, -0.2) is 0 Å². The van der Waals surface area contributed by atoms with Crippen LogP contribution in [0.2, 0.25) is 0 Å². The number of hydrogen-bond acceptors (Lipinski definition) is 2. The summed E-state index contributed by atoms with van der Waals surface area (Å²) in [4.78, 5) is 0. The summed E-state index contributed by atoms with van der Waals surface area (Å²) in [7, 11) is -4.67. The molecule has 1 radical (unpaired) electrons. The molecule has 41 valence electrons. The summed E-state index contributed by atoms with van der Waals surface area (Å²) < 4.78 is 31.6. The van der Waals surface area contributed by atoms with Gasteiger partial charge in [0.2, 0.25) is 0 Å². The van der Waals surface area contributed by atoms with Crippen LogP contribution < -0.4 is 59.1 Å². The first-order chi connectivity index (χ1) is 2.00. The van der Waals surface area contributed by atoms with Gasteiger partial charge in [-0.05, 0) is 0 Å². The van der Waals surface area contributed by atoms with Gasteiger partial charge in [-0.15, -0.1) is 0 Å². The molecule has 0 heterocycles. The van der Waals surface area contributed by atoms with Gasteiger partial charge in [0.05, 0.1) is 0 Å². The normalized spacial score (nSPS) is 7.25. The molecule has 0 fully saturated rings. The van der Waals surface area contributed by atoms with Crippen molar-refractivity contribution >= 4 is 10.4 Å². The van der Waals surface area contributed by atoms with Gasteiger partial charge in [-0.3, -0.25) is 9.11 Å². The van der Waals surface area contributed by atoms with Gasteiger partial charge in [0.25, 0.3) is 0 Å². The zero-order chi connectivity index (χ0) is 4.50. The van der Waals surface area contributed by atoms with Crippen molar-refractivity contribution in [3.05, 3.63) is 0 Å². The topological polar surface area (TPSA) is 74.6 Å². The Bertz CT molecular complexity index is 104. The zero-order valence-electron chi connectivity index (χ0n) is 6.57. The molecular formula is H4Na2O4SV. The average Bonchev–Trinajstić information content (AvgIpc) is 0.722. The van der Waals surface area contributed by atoms with Crippen molar-refractivity contribution in [1.29, 1.82) is 0 Å². The number of rotatable bonds is 0. The fourth-order valence-corrected chi connectivity index (χ4v) is 0. The predicted octanol–water partition coefficient (Wildman–Crippen LogP) is -6.42. The molecule has 4 nitrogen and oxygen atoms in total. The van der Waals surface area contributed by atoms with Gasteiger partial charge >= 0.3 is 69.5 Å². The minimum absolute atomic E-state index is 0. The van der Waals surface area contributed by atoms with E-state index in [2.05, 4.69) is 0 Å². The first-order valence-corrected chi connectivity index (χ1v) is 2.10. The van der Waals surface area contributed by atoms with Gasteiger partial charge in [0.1, 0.15) is 0 Å². The summed E-state index contributed by atoms with van der Waals surface area (Å²) in [5.74, 6) is 0. The first-order valence-electron chi connectivity index (χ1n) is 0.698. The predicted molar refractivity (Wildman–Crippen MR) is 16.4 cm³/mol. The smallest absolute Gasteiger partial charge is 1.00 e. The van der Waals surface area contributed by atoms with Gasteiger partial charge < -0.3 is 2.85 Å². The van der Waals surface area contributed by atoms with E-state index in [1.54, 1.807) is 0 Å². The Morgan fingerprint density at radius 1 is 1.12 bits per heavy atom. The van der Waals surface area contributed by atoms with E-state index in [0.717, 1.165) is 0 Å². The molecule has 0 aromatic heterocycles. The van der Waals surface area contributed by atoms with E-state index in [4.69, 9.17) is 17.5 Å². The minimum atomic E-state index is -4.67. The van der Waals surface area contributed by atoms with Crippen molar-refractivity contribution in [3.8, 4) is 0 Å². The van der Waals surface area contributed by atoms with E-state index in [1.807, 2.05) is 0 Å². The van der Waals surface area contributed by atoms with Crippen LogP contribution in [0.1, 0.15) is 2.85 Å². The summed E-state index contributed by atoms with van der Waals surface area (Å²) >= 11 is 0. The zero-order valence-corrected chi connectivity index (χ0v) is 10.8. The van der Waals surface area contributed by atoms with E-state index < -0.39 is 10.4 Å². The third-order valence-electron chi connectivity index (χ3n) is 0. The Kier molecular flexibility index (Phi) is 26.5. The fraction of sp³-hybridized carbons (Fsp3) is 0. The van der Waals surface area contributed by atoms with E-state index in [1.165, 1.54) is 0 Å². The Morgan fingerprint density at radius 2 is 1.12 bits per heavy atom. The van der Waals surface area contributed by atoms with Crippen molar-refractivity contribution in [2.75, 3.05) is 0 Å². The molecule has 0 amide bonds. The van der Waals surface area contributed by atoms with E-state index in [-0.39, 0.29) is 80.5 Å². The van der Waals surface area contributed by atoms with Gasteiger partial charge in [-0.2, -0.15) is 8.42 Å². The molecule has 0 aliphatic heterocycles. The molecular weight excluding hydrogens is 193 g/mol. The van der Waals surface area contributed by atoms with Crippen LogP contribution >= 0.6 is 0 Å². The maximum absolute atomic E-state index is 8.74. The maximum Gasteiger partial charge on any atom is 1.00 e. The second kappa shape index (κ2) is 9.45. The quantitative estimate of drug-likeness (QED) is 0.299. The molecule has 0 rings (SSSR count). The molecule has 0 saturated carbocycles. The molecule has 0 aliphatic rings. The Hall–Kier alpha value is 2.45. The first kappa shape index (κ1) is 22.4. The Morgan fingerprint density at radius 3 is 1.12 bits per heavy atom. The SMILES string of the molecule is O=S(=O)(O)O.[H-].[H-].[Na+].[Na+].[V]. The van der Waals surface area contributed by atoms with Crippen LogP contribution in [-0.2, 0) is 29.0 Å². The van der Waals surface area contributed by atoms with E-state index in [0.29, 0.717) is 0 Å². The minimum Gasteiger partial charge on any atom is -1.00 e. The summed E-state index contributed by atoms with van der Waals surface area (Å²) in [6, 6.07) is 0. The summed E-state index contributed by atoms with van der Waals surface area (Å²) in [6.45, 7) is 0. The van der Waals surface area contributed by atoms with Gasteiger partial charge in [0, 0.05) is 18.6 Å². The average molecular weight is 197 g/mol. The molecule has 8 heavy (non-hydrogen) atoms. The third kappa shape index (κ3) is 78.0. The second-order valence-electron chi connectivity index (χ2n) is 0.448. The molecule has 0 unspecified atom stereocenters. The molecule has 0 spiro atoms. The monoisotopic (exact) mass is 197 g/mol. The third-order valence-corrected chi connectivity index (χ3v) is 0. The Labute approximate surface area is 107 Å². The molecule has 0 saturated heterocycles. The van der Waals surface area contributed by atoms with Crippen molar-refractivity contribution in [3.63, 3.8) is 0 Å². The van der Waals surface area contributed by atoms with Crippen LogP contribution in [-0.4, -0.2) is 17.5 Å². The van der Waals surface area contributed by atoms with Crippen LogP contribution in [0.3, 0.4) is 0 Å². The fourth-order valence-electron chi connectivity index (χ4n) is 0. The maximum atomic E-state index is 8.74. The van der Waals surface area contributed by atoms with Gasteiger partial charge in [-0.1, -0.05) is 0 Å². The van der Waals surface area contributed by atoms with E-state index in [9.17, 15) is 0 Å². The molecule has 0 aromatic rings. The van der Waals surface area contributed by atoms with Crippen LogP contribution in [0.25, 0.3) is 0 Å². The largest absolute Gasteiger partial charge is 1.00 e.